The molecule has 0 aliphatic carbocycles. The van der Waals surface area contributed by atoms with E-state index in [1.54, 1.807) is 0 Å². The Labute approximate surface area is 153 Å². The summed E-state index contributed by atoms with van der Waals surface area (Å²) in [6.45, 7) is 4.14. The van der Waals surface area contributed by atoms with Crippen molar-refractivity contribution >= 4 is 23.7 Å². The average Bonchev–Trinajstić information content (AvgIpc) is 2.58. The lowest BCUT2D eigenvalue weighted by atomic mass is 9.98. The fraction of sp³-hybridized carbons (Fsp3) is 0.750. The van der Waals surface area contributed by atoms with Crippen LogP contribution in [0, 0.1) is 5.92 Å². The number of nitrogens with one attached hydrogen (secondary N) is 2. The van der Waals surface area contributed by atoms with Gasteiger partial charge in [-0.2, -0.15) is 0 Å². The van der Waals surface area contributed by atoms with Gasteiger partial charge in [-0.3, -0.25) is 14.4 Å². The van der Waals surface area contributed by atoms with E-state index in [9.17, 15) is 19.2 Å². The van der Waals surface area contributed by atoms with E-state index in [4.69, 9.17) is 22.3 Å². The summed E-state index contributed by atoms with van der Waals surface area (Å²) in [5.41, 5.74) is 16.3. The molecule has 0 fully saturated rings. The summed E-state index contributed by atoms with van der Waals surface area (Å²) in [5, 5.41) is 13.9. The lowest BCUT2D eigenvalue weighted by Gasteiger charge is -2.24. The number of hydrogen-bond donors (Lipinski definition) is 6. The molecule has 150 valence electrons. The van der Waals surface area contributed by atoms with Crippen LogP contribution in [0.15, 0.2) is 0 Å². The monoisotopic (exact) mass is 373 g/mol. The number of carboxylic acids is 1. The summed E-state index contributed by atoms with van der Waals surface area (Å²) in [4.78, 5) is 46.8. The Bertz CT molecular complexity index is 499. The first-order chi connectivity index (χ1) is 12.1. The molecule has 0 saturated carbocycles. The highest BCUT2D eigenvalue weighted by Gasteiger charge is 2.29. The number of amides is 3. The van der Waals surface area contributed by atoms with Crippen LogP contribution in [0.3, 0.4) is 0 Å². The molecule has 0 aliphatic heterocycles. The molecule has 0 unspecified atom stereocenters. The first-order valence-corrected chi connectivity index (χ1v) is 8.71. The maximum atomic E-state index is 12.4. The van der Waals surface area contributed by atoms with Gasteiger partial charge in [0.05, 0.1) is 12.5 Å². The molecule has 10 nitrogen and oxygen atoms in total. The molecule has 9 N–H and O–H groups in total. The Morgan fingerprint density at radius 3 is 2.08 bits per heavy atom. The largest absolute Gasteiger partial charge is 0.480 e. The third kappa shape index (κ3) is 8.77. The third-order valence-corrected chi connectivity index (χ3v) is 4.16. The van der Waals surface area contributed by atoms with Crippen molar-refractivity contribution in [2.24, 2.45) is 23.1 Å². The zero-order valence-electron chi connectivity index (χ0n) is 15.4. The Balaban J connectivity index is 5.08. The standard InChI is InChI=1S/C16H31N5O5/c1-3-9(2)13(19)15(24)20-10(6-4-5-7-17)14(23)21-11(16(25)26)8-12(18)22/h9-11,13H,3-8,17,19H2,1-2H3,(H2,18,22)(H,20,24)(H,21,23)(H,25,26)/t9-,10-,11-,13-/m0/s1. The van der Waals surface area contributed by atoms with Crippen molar-refractivity contribution in [3.8, 4) is 0 Å². The fourth-order valence-electron chi connectivity index (χ4n) is 2.22. The second-order valence-corrected chi connectivity index (χ2v) is 6.33. The number of carboxylic acid groups (broad SMARTS) is 1. The smallest absolute Gasteiger partial charge is 0.326 e. The molecule has 10 heteroatoms. The molecule has 0 bridgehead atoms. The maximum Gasteiger partial charge on any atom is 0.326 e. The van der Waals surface area contributed by atoms with Crippen LogP contribution < -0.4 is 27.8 Å². The minimum atomic E-state index is -1.46. The lowest BCUT2D eigenvalue weighted by molar-refractivity contribution is -0.143. The second-order valence-electron chi connectivity index (χ2n) is 6.33. The lowest BCUT2D eigenvalue weighted by Crippen LogP contribution is -2.55. The van der Waals surface area contributed by atoms with Crippen LogP contribution >= 0.6 is 0 Å². The number of rotatable bonds is 13. The Morgan fingerprint density at radius 1 is 1.04 bits per heavy atom. The van der Waals surface area contributed by atoms with E-state index in [1.165, 1.54) is 0 Å². The van der Waals surface area contributed by atoms with Crippen molar-refractivity contribution in [2.45, 2.75) is 64.1 Å². The Morgan fingerprint density at radius 2 is 1.62 bits per heavy atom. The predicted molar refractivity (Wildman–Crippen MR) is 95.6 cm³/mol. The van der Waals surface area contributed by atoms with Crippen molar-refractivity contribution in [3.05, 3.63) is 0 Å². The summed E-state index contributed by atoms with van der Waals surface area (Å²) >= 11 is 0. The summed E-state index contributed by atoms with van der Waals surface area (Å²) in [6, 6.07) is -3.22. The highest BCUT2D eigenvalue weighted by Crippen LogP contribution is 2.08. The van der Waals surface area contributed by atoms with E-state index < -0.39 is 48.2 Å². The molecule has 26 heavy (non-hydrogen) atoms. The van der Waals surface area contributed by atoms with Gasteiger partial charge in [0.15, 0.2) is 0 Å². The summed E-state index contributed by atoms with van der Waals surface area (Å²) in [7, 11) is 0. The van der Waals surface area contributed by atoms with E-state index in [1.807, 2.05) is 13.8 Å². The van der Waals surface area contributed by atoms with Gasteiger partial charge in [0.25, 0.3) is 0 Å². The van der Waals surface area contributed by atoms with Gasteiger partial charge in [0, 0.05) is 0 Å². The number of aliphatic carboxylic acids is 1. The van der Waals surface area contributed by atoms with E-state index in [-0.39, 0.29) is 12.3 Å². The summed E-state index contributed by atoms with van der Waals surface area (Å²) < 4.78 is 0. The van der Waals surface area contributed by atoms with Gasteiger partial charge in [-0.1, -0.05) is 20.3 Å². The number of carbonyl (C=O) groups is 4. The van der Waals surface area contributed by atoms with Crippen LogP contribution in [-0.2, 0) is 19.2 Å². The maximum absolute atomic E-state index is 12.4. The first-order valence-electron chi connectivity index (χ1n) is 8.71. The van der Waals surface area contributed by atoms with Crippen molar-refractivity contribution in [1.29, 1.82) is 0 Å². The molecule has 0 aromatic rings. The zero-order chi connectivity index (χ0) is 20.3. The van der Waals surface area contributed by atoms with E-state index in [0.29, 0.717) is 25.8 Å². The molecule has 0 aliphatic rings. The van der Waals surface area contributed by atoms with Gasteiger partial charge < -0.3 is 32.9 Å². The van der Waals surface area contributed by atoms with Crippen LogP contribution in [0.1, 0.15) is 46.0 Å². The van der Waals surface area contributed by atoms with E-state index >= 15 is 0 Å². The molecule has 0 radical (unpaired) electrons. The molecule has 0 heterocycles. The molecular weight excluding hydrogens is 342 g/mol. The van der Waals surface area contributed by atoms with Crippen LogP contribution in [-0.4, -0.2) is 53.5 Å². The zero-order valence-corrected chi connectivity index (χ0v) is 15.4. The quantitative estimate of drug-likeness (QED) is 0.210. The molecule has 0 aromatic heterocycles. The van der Waals surface area contributed by atoms with Gasteiger partial charge in [-0.15, -0.1) is 0 Å². The van der Waals surface area contributed by atoms with Gasteiger partial charge >= 0.3 is 5.97 Å². The number of hydrogen-bond acceptors (Lipinski definition) is 6. The van der Waals surface area contributed by atoms with Gasteiger partial charge in [-0.05, 0) is 31.7 Å². The molecule has 0 spiro atoms. The van der Waals surface area contributed by atoms with E-state index in [0.717, 1.165) is 0 Å². The second kappa shape index (κ2) is 12.2. The number of nitrogens with two attached hydrogens (primary N) is 3. The third-order valence-electron chi connectivity index (χ3n) is 4.16. The SMILES string of the molecule is CC[C@H](C)[C@H](N)C(=O)N[C@@H](CCCCN)C(=O)N[C@@H](CC(N)=O)C(=O)O. The molecule has 3 amide bonds. The van der Waals surface area contributed by atoms with Crippen LogP contribution in [0.2, 0.25) is 0 Å². The van der Waals surface area contributed by atoms with Crippen molar-refractivity contribution in [1.82, 2.24) is 10.6 Å². The minimum Gasteiger partial charge on any atom is -0.480 e. The van der Waals surface area contributed by atoms with Crippen LogP contribution in [0.5, 0.6) is 0 Å². The number of unbranched alkanes of at least 4 members (excludes halogenated alkanes) is 1. The highest BCUT2D eigenvalue weighted by molar-refractivity contribution is 5.93. The number of carbonyl (C=O) groups excluding carboxylic acids is 3. The predicted octanol–water partition coefficient (Wildman–Crippen LogP) is -1.58. The van der Waals surface area contributed by atoms with E-state index in [2.05, 4.69) is 10.6 Å². The highest BCUT2D eigenvalue weighted by atomic mass is 16.4. The normalized spacial score (nSPS) is 15.4. The molecule has 0 aromatic carbocycles. The number of primary amides is 1. The van der Waals surface area contributed by atoms with Gasteiger partial charge in [-0.25, -0.2) is 4.79 Å². The molecular formula is C16H31N5O5. The van der Waals surface area contributed by atoms with Crippen molar-refractivity contribution in [3.63, 3.8) is 0 Å². The average molecular weight is 373 g/mol. The minimum absolute atomic E-state index is 0.0793. The van der Waals surface area contributed by atoms with Gasteiger partial charge in [0.1, 0.15) is 12.1 Å². The fourth-order valence-corrected chi connectivity index (χ4v) is 2.22. The van der Waals surface area contributed by atoms with Crippen LogP contribution in [0.4, 0.5) is 0 Å². The molecule has 0 rings (SSSR count). The van der Waals surface area contributed by atoms with Crippen molar-refractivity contribution < 1.29 is 24.3 Å². The Kier molecular flexibility index (Phi) is 11.2. The van der Waals surface area contributed by atoms with Crippen molar-refractivity contribution in [2.75, 3.05) is 6.54 Å². The van der Waals surface area contributed by atoms with Crippen LogP contribution in [0.25, 0.3) is 0 Å². The summed E-state index contributed by atoms with van der Waals surface area (Å²) in [6.07, 6.45) is 1.61. The van der Waals surface area contributed by atoms with Gasteiger partial charge in [0.2, 0.25) is 17.7 Å². The molecule has 4 atom stereocenters. The Hall–Kier alpha value is -2.20. The molecule has 0 saturated heterocycles. The summed E-state index contributed by atoms with van der Waals surface area (Å²) in [5.74, 6) is -3.53. The first kappa shape index (κ1) is 23.8. The topological polar surface area (TPSA) is 191 Å².